The van der Waals surface area contributed by atoms with Crippen LogP contribution in [0.2, 0.25) is 0 Å². The number of benzene rings is 1. The van der Waals surface area contributed by atoms with E-state index in [0.29, 0.717) is 12.5 Å². The van der Waals surface area contributed by atoms with Gasteiger partial charge in [0.2, 0.25) is 0 Å². The fourth-order valence-electron chi connectivity index (χ4n) is 2.15. The second-order valence-electron chi connectivity index (χ2n) is 4.84. The normalized spacial score (nSPS) is 12.2. The van der Waals surface area contributed by atoms with Gasteiger partial charge in [-0.15, -0.1) is 0 Å². The van der Waals surface area contributed by atoms with E-state index in [1.165, 1.54) is 5.56 Å². The molecule has 1 aromatic carbocycles. The van der Waals surface area contributed by atoms with Gasteiger partial charge in [-0.25, -0.2) is 0 Å². The monoisotopic (exact) mass is 281 g/mol. The van der Waals surface area contributed by atoms with Gasteiger partial charge >= 0.3 is 0 Å². The quantitative estimate of drug-likeness (QED) is 0.692. The molecular formula is C16H27NO3. The summed E-state index contributed by atoms with van der Waals surface area (Å²) in [5, 5.41) is 12.4. The van der Waals surface area contributed by atoms with Crippen molar-refractivity contribution in [3.05, 3.63) is 23.8 Å². The molecule has 4 heteroatoms. The lowest BCUT2D eigenvalue weighted by atomic mass is 10.0. The smallest absolute Gasteiger partial charge is 0.161 e. The van der Waals surface area contributed by atoms with E-state index in [0.717, 1.165) is 37.4 Å². The van der Waals surface area contributed by atoms with Gasteiger partial charge < -0.3 is 19.9 Å². The Bertz CT molecular complexity index is 382. The Morgan fingerprint density at radius 1 is 1.25 bits per heavy atom. The first kappa shape index (κ1) is 16.8. The Balaban J connectivity index is 2.51. The third-order valence-electron chi connectivity index (χ3n) is 3.40. The van der Waals surface area contributed by atoms with Crippen LogP contribution in [0.4, 0.5) is 0 Å². The first-order valence-corrected chi connectivity index (χ1v) is 7.36. The molecule has 0 fully saturated rings. The molecule has 1 unspecified atom stereocenters. The summed E-state index contributed by atoms with van der Waals surface area (Å²) in [4.78, 5) is 0. The Morgan fingerprint density at radius 3 is 2.65 bits per heavy atom. The van der Waals surface area contributed by atoms with Gasteiger partial charge in [0.25, 0.3) is 0 Å². The highest BCUT2D eigenvalue weighted by Crippen LogP contribution is 2.27. The van der Waals surface area contributed by atoms with E-state index in [4.69, 9.17) is 14.6 Å². The van der Waals surface area contributed by atoms with Crippen LogP contribution in [-0.2, 0) is 6.54 Å². The summed E-state index contributed by atoms with van der Waals surface area (Å²) >= 11 is 0. The Hall–Kier alpha value is -1.26. The summed E-state index contributed by atoms with van der Waals surface area (Å²) in [5.41, 5.74) is 1.17. The van der Waals surface area contributed by atoms with Crippen molar-refractivity contribution < 1.29 is 14.6 Å². The standard InChI is InChI=1S/C16H27NO3/c1-4-13(8-9-18)11-17-12-14-6-7-15(20-5-2)16(10-14)19-3/h6-7,10,13,17-18H,4-5,8-9,11-12H2,1-3H3. The number of aliphatic hydroxyl groups excluding tert-OH is 1. The lowest BCUT2D eigenvalue weighted by Crippen LogP contribution is -2.22. The van der Waals surface area contributed by atoms with Gasteiger partial charge in [-0.3, -0.25) is 0 Å². The molecule has 0 saturated heterocycles. The average Bonchev–Trinajstić information content (AvgIpc) is 2.47. The van der Waals surface area contributed by atoms with E-state index in [2.05, 4.69) is 12.2 Å². The van der Waals surface area contributed by atoms with Gasteiger partial charge in [-0.05, 0) is 43.5 Å². The second-order valence-corrected chi connectivity index (χ2v) is 4.84. The van der Waals surface area contributed by atoms with Gasteiger partial charge in [0.1, 0.15) is 0 Å². The zero-order valence-electron chi connectivity index (χ0n) is 12.8. The van der Waals surface area contributed by atoms with Crippen molar-refractivity contribution in [3.63, 3.8) is 0 Å². The van der Waals surface area contributed by atoms with E-state index >= 15 is 0 Å². The van der Waals surface area contributed by atoms with Crippen LogP contribution in [0.3, 0.4) is 0 Å². The third-order valence-corrected chi connectivity index (χ3v) is 3.40. The molecule has 4 nitrogen and oxygen atoms in total. The van der Waals surface area contributed by atoms with Gasteiger partial charge in [-0.2, -0.15) is 0 Å². The molecule has 0 aliphatic carbocycles. The first-order valence-electron chi connectivity index (χ1n) is 7.36. The predicted molar refractivity (Wildman–Crippen MR) is 81.4 cm³/mol. The molecule has 0 saturated carbocycles. The summed E-state index contributed by atoms with van der Waals surface area (Å²) in [5.74, 6) is 2.09. The van der Waals surface area contributed by atoms with Crippen molar-refractivity contribution in [3.8, 4) is 11.5 Å². The molecule has 0 aliphatic heterocycles. The minimum absolute atomic E-state index is 0.261. The van der Waals surface area contributed by atoms with Gasteiger partial charge in [0, 0.05) is 13.2 Å². The van der Waals surface area contributed by atoms with Gasteiger partial charge in [0.05, 0.1) is 13.7 Å². The molecule has 1 aromatic rings. The van der Waals surface area contributed by atoms with Crippen LogP contribution in [0.5, 0.6) is 11.5 Å². The predicted octanol–water partition coefficient (Wildman–Crippen LogP) is 2.59. The molecule has 0 bridgehead atoms. The minimum atomic E-state index is 0.261. The molecule has 114 valence electrons. The molecule has 0 radical (unpaired) electrons. The zero-order valence-corrected chi connectivity index (χ0v) is 12.8. The van der Waals surface area contributed by atoms with Crippen molar-refractivity contribution >= 4 is 0 Å². The van der Waals surface area contributed by atoms with Gasteiger partial charge in [0.15, 0.2) is 11.5 Å². The highest BCUT2D eigenvalue weighted by atomic mass is 16.5. The third kappa shape index (κ3) is 5.39. The lowest BCUT2D eigenvalue weighted by molar-refractivity contribution is 0.251. The van der Waals surface area contributed by atoms with E-state index < -0.39 is 0 Å². The maximum atomic E-state index is 8.98. The number of aliphatic hydroxyl groups is 1. The van der Waals surface area contributed by atoms with E-state index in [9.17, 15) is 0 Å². The minimum Gasteiger partial charge on any atom is -0.493 e. The van der Waals surface area contributed by atoms with Crippen molar-refractivity contribution in [1.82, 2.24) is 5.32 Å². The summed E-state index contributed by atoms with van der Waals surface area (Å²) < 4.78 is 10.8. The van der Waals surface area contributed by atoms with Crippen LogP contribution in [0.25, 0.3) is 0 Å². The summed E-state index contributed by atoms with van der Waals surface area (Å²) in [6, 6.07) is 6.00. The van der Waals surface area contributed by atoms with Crippen LogP contribution in [0.15, 0.2) is 18.2 Å². The second kappa shape index (κ2) is 9.61. The largest absolute Gasteiger partial charge is 0.493 e. The molecule has 0 aliphatic rings. The maximum Gasteiger partial charge on any atom is 0.161 e. The van der Waals surface area contributed by atoms with Crippen molar-refractivity contribution in [2.24, 2.45) is 5.92 Å². The highest BCUT2D eigenvalue weighted by molar-refractivity contribution is 5.42. The molecule has 0 spiro atoms. The van der Waals surface area contributed by atoms with Crippen LogP contribution < -0.4 is 14.8 Å². The molecule has 0 amide bonds. The molecule has 1 rings (SSSR count). The van der Waals surface area contributed by atoms with E-state index in [1.54, 1.807) is 7.11 Å². The summed E-state index contributed by atoms with van der Waals surface area (Å²) in [6.07, 6.45) is 1.94. The zero-order chi connectivity index (χ0) is 14.8. The number of rotatable bonds is 10. The topological polar surface area (TPSA) is 50.7 Å². The maximum absolute atomic E-state index is 8.98. The number of hydrogen-bond acceptors (Lipinski definition) is 4. The number of ether oxygens (including phenoxy) is 2. The Labute approximate surface area is 122 Å². The Morgan fingerprint density at radius 2 is 2.05 bits per heavy atom. The highest BCUT2D eigenvalue weighted by Gasteiger charge is 2.07. The van der Waals surface area contributed by atoms with E-state index in [1.807, 2.05) is 25.1 Å². The fourth-order valence-corrected chi connectivity index (χ4v) is 2.15. The molecule has 20 heavy (non-hydrogen) atoms. The number of hydrogen-bond donors (Lipinski definition) is 2. The molecule has 1 atom stereocenters. The summed E-state index contributed by atoms with van der Waals surface area (Å²) in [7, 11) is 1.66. The molecule has 0 aromatic heterocycles. The Kier molecular flexibility index (Phi) is 8.07. The number of nitrogens with one attached hydrogen (secondary N) is 1. The van der Waals surface area contributed by atoms with Gasteiger partial charge in [-0.1, -0.05) is 19.4 Å². The molecule has 0 heterocycles. The van der Waals surface area contributed by atoms with Crippen LogP contribution >= 0.6 is 0 Å². The van der Waals surface area contributed by atoms with Crippen molar-refractivity contribution in [2.75, 3.05) is 26.9 Å². The molecule has 2 N–H and O–H groups in total. The van der Waals surface area contributed by atoms with E-state index in [-0.39, 0.29) is 6.61 Å². The van der Waals surface area contributed by atoms with Crippen LogP contribution in [0.1, 0.15) is 32.3 Å². The van der Waals surface area contributed by atoms with Crippen LogP contribution in [0, 0.1) is 5.92 Å². The average molecular weight is 281 g/mol. The first-order chi connectivity index (χ1) is 9.74. The SMILES string of the molecule is CCOc1ccc(CNCC(CC)CCO)cc1OC. The van der Waals surface area contributed by atoms with Crippen molar-refractivity contribution in [2.45, 2.75) is 33.2 Å². The fraction of sp³-hybridized carbons (Fsp3) is 0.625. The lowest BCUT2D eigenvalue weighted by Gasteiger charge is -2.15. The van der Waals surface area contributed by atoms with Crippen molar-refractivity contribution in [1.29, 1.82) is 0 Å². The van der Waals surface area contributed by atoms with Crippen LogP contribution in [-0.4, -0.2) is 32.0 Å². The molecular weight excluding hydrogens is 254 g/mol. The number of methoxy groups -OCH3 is 1. The summed E-state index contributed by atoms with van der Waals surface area (Å²) in [6.45, 7) is 6.73.